The second kappa shape index (κ2) is 8.56. The van der Waals surface area contributed by atoms with Crippen LogP contribution >= 0.6 is 0 Å². The average molecular weight is 404 g/mol. The molecule has 0 bridgehead atoms. The summed E-state index contributed by atoms with van der Waals surface area (Å²) in [6.45, 7) is 4.75. The van der Waals surface area contributed by atoms with E-state index in [1.165, 1.54) is 30.4 Å². The summed E-state index contributed by atoms with van der Waals surface area (Å²) in [5.74, 6) is 5.03. The molecule has 0 saturated heterocycles. The monoisotopic (exact) mass is 403 g/mol. The van der Waals surface area contributed by atoms with Crippen LogP contribution in [0.5, 0.6) is 0 Å². The van der Waals surface area contributed by atoms with E-state index in [1.807, 2.05) is 12.1 Å². The number of terminal acetylenes is 1. The predicted molar refractivity (Wildman–Crippen MR) is 123 cm³/mol. The lowest BCUT2D eigenvalue weighted by atomic mass is 9.64. The zero-order valence-corrected chi connectivity index (χ0v) is 18.3. The lowest BCUT2D eigenvalue weighted by Crippen LogP contribution is -2.40. The molecule has 2 aliphatic rings. The van der Waals surface area contributed by atoms with Crippen LogP contribution in [0.15, 0.2) is 48.5 Å². The molecule has 2 N–H and O–H groups in total. The van der Waals surface area contributed by atoms with Crippen molar-refractivity contribution in [3.05, 3.63) is 71.0 Å². The topological polar surface area (TPSA) is 26.0 Å². The molecule has 2 fully saturated rings. The minimum atomic E-state index is -0.154. The first-order chi connectivity index (χ1) is 14.3. The van der Waals surface area contributed by atoms with Gasteiger partial charge in [-0.05, 0) is 103 Å². The van der Waals surface area contributed by atoms with E-state index < -0.39 is 0 Å². The smallest absolute Gasteiger partial charge is 0.123 e. The van der Waals surface area contributed by atoms with Crippen molar-refractivity contribution in [2.45, 2.75) is 64.3 Å². The third kappa shape index (κ3) is 4.79. The first-order valence-electron chi connectivity index (χ1n) is 11.4. The molecule has 0 heterocycles. The molecule has 2 aliphatic carbocycles. The summed E-state index contributed by atoms with van der Waals surface area (Å²) in [5, 5.41) is 0. The Bertz CT molecular complexity index is 890. The van der Waals surface area contributed by atoms with Gasteiger partial charge in [-0.25, -0.2) is 4.39 Å². The van der Waals surface area contributed by atoms with Crippen LogP contribution in [-0.2, 0) is 6.42 Å². The van der Waals surface area contributed by atoms with Gasteiger partial charge in [0.2, 0.25) is 0 Å². The summed E-state index contributed by atoms with van der Waals surface area (Å²) in [6, 6.07) is 16.0. The van der Waals surface area contributed by atoms with E-state index >= 15 is 0 Å². The van der Waals surface area contributed by atoms with Crippen LogP contribution in [0.1, 0.15) is 68.6 Å². The first-order valence-corrected chi connectivity index (χ1v) is 11.4. The van der Waals surface area contributed by atoms with Gasteiger partial charge in [0.25, 0.3) is 0 Å². The van der Waals surface area contributed by atoms with E-state index in [0.717, 1.165) is 24.8 Å². The van der Waals surface area contributed by atoms with Crippen LogP contribution in [-0.4, -0.2) is 6.04 Å². The molecular weight excluding hydrogens is 369 g/mol. The van der Waals surface area contributed by atoms with E-state index in [2.05, 4.69) is 44.0 Å². The van der Waals surface area contributed by atoms with E-state index in [4.69, 9.17) is 12.2 Å². The summed E-state index contributed by atoms with van der Waals surface area (Å²) in [4.78, 5) is 0. The van der Waals surface area contributed by atoms with E-state index in [-0.39, 0.29) is 5.82 Å². The molecule has 1 nitrogen and oxygen atoms in total. The highest BCUT2D eigenvalue weighted by molar-refractivity contribution is 5.34. The molecular formula is C28H34FN. The van der Waals surface area contributed by atoms with Gasteiger partial charge in [0.05, 0.1) is 0 Å². The Labute approximate surface area is 181 Å². The van der Waals surface area contributed by atoms with E-state index in [0.29, 0.717) is 35.1 Å². The number of halogens is 1. The van der Waals surface area contributed by atoms with Gasteiger partial charge in [-0.15, -0.1) is 6.42 Å². The lowest BCUT2D eigenvalue weighted by molar-refractivity contribution is 0.0994. The van der Waals surface area contributed by atoms with Crippen molar-refractivity contribution in [1.29, 1.82) is 0 Å². The number of hydrogen-bond donors (Lipinski definition) is 1. The van der Waals surface area contributed by atoms with Crippen molar-refractivity contribution in [2.75, 3.05) is 0 Å². The predicted octanol–water partition coefficient (Wildman–Crippen LogP) is 6.31. The van der Waals surface area contributed by atoms with Gasteiger partial charge < -0.3 is 5.73 Å². The van der Waals surface area contributed by atoms with Crippen molar-refractivity contribution in [3.63, 3.8) is 0 Å². The van der Waals surface area contributed by atoms with E-state index in [1.54, 1.807) is 12.1 Å². The molecule has 2 heteroatoms. The van der Waals surface area contributed by atoms with E-state index in [9.17, 15) is 4.39 Å². The Morgan fingerprint density at radius 2 is 1.70 bits per heavy atom. The second-order valence-electron chi connectivity index (χ2n) is 10.5. The number of rotatable bonds is 4. The maximum atomic E-state index is 13.5. The summed E-state index contributed by atoms with van der Waals surface area (Å²) in [6.07, 6.45) is 12.5. The summed E-state index contributed by atoms with van der Waals surface area (Å²) >= 11 is 0. The van der Waals surface area contributed by atoms with Crippen LogP contribution in [0.25, 0.3) is 0 Å². The molecule has 5 unspecified atom stereocenters. The van der Waals surface area contributed by atoms with Crippen molar-refractivity contribution in [2.24, 2.45) is 28.9 Å². The minimum absolute atomic E-state index is 0.154. The molecule has 0 spiro atoms. The number of nitrogens with two attached hydrogens (primary N) is 1. The Morgan fingerprint density at radius 1 is 1.00 bits per heavy atom. The molecule has 5 atom stereocenters. The molecule has 2 aromatic rings. The molecule has 0 amide bonds. The largest absolute Gasteiger partial charge is 0.328 e. The van der Waals surface area contributed by atoms with Crippen LogP contribution < -0.4 is 5.73 Å². The fourth-order valence-electron chi connectivity index (χ4n) is 6.40. The summed E-state index contributed by atoms with van der Waals surface area (Å²) in [7, 11) is 0. The molecule has 4 rings (SSSR count). The quantitative estimate of drug-likeness (QED) is 0.595. The van der Waals surface area contributed by atoms with Gasteiger partial charge in [-0.2, -0.15) is 0 Å². The van der Waals surface area contributed by atoms with Gasteiger partial charge >= 0.3 is 0 Å². The molecule has 2 aromatic carbocycles. The van der Waals surface area contributed by atoms with Crippen molar-refractivity contribution >= 4 is 0 Å². The fourth-order valence-corrected chi connectivity index (χ4v) is 6.40. The van der Waals surface area contributed by atoms with Crippen molar-refractivity contribution in [3.8, 4) is 12.3 Å². The van der Waals surface area contributed by atoms with Crippen LogP contribution in [0.3, 0.4) is 0 Å². The Kier molecular flexibility index (Phi) is 6.03. The highest BCUT2D eigenvalue weighted by Crippen LogP contribution is 2.52. The van der Waals surface area contributed by atoms with Crippen LogP contribution in [0.2, 0.25) is 0 Å². The van der Waals surface area contributed by atoms with Gasteiger partial charge in [-0.3, -0.25) is 0 Å². The van der Waals surface area contributed by atoms with Crippen molar-refractivity contribution < 1.29 is 4.39 Å². The first kappa shape index (κ1) is 21.1. The molecule has 30 heavy (non-hydrogen) atoms. The zero-order valence-electron chi connectivity index (χ0n) is 18.3. The minimum Gasteiger partial charge on any atom is -0.328 e. The lowest BCUT2D eigenvalue weighted by Gasteiger charge is -2.43. The number of hydrogen-bond acceptors (Lipinski definition) is 1. The van der Waals surface area contributed by atoms with Gasteiger partial charge in [0, 0.05) is 11.6 Å². The van der Waals surface area contributed by atoms with Crippen LogP contribution in [0.4, 0.5) is 4.39 Å². The maximum Gasteiger partial charge on any atom is 0.123 e. The average Bonchev–Trinajstić information content (AvgIpc) is 3.11. The molecule has 158 valence electrons. The molecule has 0 aliphatic heterocycles. The normalized spacial score (nSPS) is 30.7. The van der Waals surface area contributed by atoms with Gasteiger partial charge in [-0.1, -0.05) is 44.0 Å². The number of benzene rings is 2. The highest BCUT2D eigenvalue weighted by Gasteiger charge is 2.43. The Balaban J connectivity index is 1.58. The SMILES string of the molecule is C#Cc1ccc(CC2CC(c3ccc(F)cc3)CC2C2CC(N)CC(C)(C)C2)cc1. The zero-order chi connectivity index (χ0) is 21.3. The van der Waals surface area contributed by atoms with Crippen LogP contribution in [0, 0.1) is 41.3 Å². The summed E-state index contributed by atoms with van der Waals surface area (Å²) in [5.41, 5.74) is 10.4. The third-order valence-corrected chi connectivity index (χ3v) is 7.55. The third-order valence-electron chi connectivity index (χ3n) is 7.55. The fraction of sp³-hybridized carbons (Fsp3) is 0.500. The Morgan fingerprint density at radius 3 is 2.33 bits per heavy atom. The standard InChI is InChI=1S/C28H34FN/c1-4-19-5-7-20(8-6-19)13-23-14-22(21-9-11-25(29)12-10-21)16-27(23)24-15-26(30)18-28(2,3)17-24/h1,5-12,22-24,26-27H,13-18,30H2,2-3H3. The second-order valence-corrected chi connectivity index (χ2v) is 10.5. The van der Waals surface area contributed by atoms with Gasteiger partial charge in [0.1, 0.15) is 5.82 Å². The molecule has 2 saturated carbocycles. The van der Waals surface area contributed by atoms with Crippen molar-refractivity contribution in [1.82, 2.24) is 0 Å². The molecule has 0 radical (unpaired) electrons. The van der Waals surface area contributed by atoms with Gasteiger partial charge in [0.15, 0.2) is 0 Å². The molecule has 0 aromatic heterocycles. The Hall–Kier alpha value is -2.11. The maximum absolute atomic E-state index is 13.5. The highest BCUT2D eigenvalue weighted by atomic mass is 19.1. The summed E-state index contributed by atoms with van der Waals surface area (Å²) < 4.78 is 13.5.